The molecule has 0 spiro atoms. The van der Waals surface area contributed by atoms with E-state index in [0.29, 0.717) is 28.8 Å². The highest BCUT2D eigenvalue weighted by Gasteiger charge is 2.32. The zero-order valence-electron chi connectivity index (χ0n) is 11.1. The van der Waals surface area contributed by atoms with Crippen LogP contribution in [-0.4, -0.2) is 39.9 Å². The van der Waals surface area contributed by atoms with Crippen molar-refractivity contribution in [1.82, 2.24) is 4.72 Å². The van der Waals surface area contributed by atoms with Gasteiger partial charge in [0.25, 0.3) is 0 Å². The van der Waals surface area contributed by atoms with Crippen molar-refractivity contribution in [2.75, 3.05) is 14.2 Å². The molecule has 1 fully saturated rings. The highest BCUT2D eigenvalue weighted by atomic mass is 79.9. The Morgan fingerprint density at radius 2 is 1.80 bits per heavy atom. The maximum atomic E-state index is 12.3. The Kier molecular flexibility index (Phi) is 4.58. The summed E-state index contributed by atoms with van der Waals surface area (Å²) in [6.45, 7) is 0. The van der Waals surface area contributed by atoms with E-state index in [1.165, 1.54) is 20.3 Å². The number of aliphatic hydroxyl groups excluding tert-OH is 1. The SMILES string of the molecule is COc1cc(Br)c(S(=O)(=O)NC2CC(O)C2)cc1OC. The van der Waals surface area contributed by atoms with Gasteiger partial charge in [0.2, 0.25) is 10.0 Å². The molecule has 2 rings (SSSR count). The van der Waals surface area contributed by atoms with Crippen LogP contribution < -0.4 is 14.2 Å². The van der Waals surface area contributed by atoms with E-state index in [9.17, 15) is 13.5 Å². The Morgan fingerprint density at radius 3 is 2.30 bits per heavy atom. The molecule has 1 aliphatic carbocycles. The average Bonchev–Trinajstić information content (AvgIpc) is 2.35. The fourth-order valence-corrected chi connectivity index (χ4v) is 4.31. The smallest absolute Gasteiger partial charge is 0.242 e. The number of rotatable bonds is 5. The molecule has 1 saturated carbocycles. The van der Waals surface area contributed by atoms with Crippen molar-refractivity contribution in [3.8, 4) is 11.5 Å². The lowest BCUT2D eigenvalue weighted by atomic mass is 9.91. The van der Waals surface area contributed by atoms with Gasteiger partial charge in [-0.25, -0.2) is 13.1 Å². The van der Waals surface area contributed by atoms with E-state index in [2.05, 4.69) is 20.7 Å². The molecule has 20 heavy (non-hydrogen) atoms. The number of hydrogen-bond acceptors (Lipinski definition) is 5. The molecule has 0 heterocycles. The predicted molar refractivity (Wildman–Crippen MR) is 76.6 cm³/mol. The van der Waals surface area contributed by atoms with Crippen molar-refractivity contribution in [1.29, 1.82) is 0 Å². The van der Waals surface area contributed by atoms with E-state index in [4.69, 9.17) is 9.47 Å². The third-order valence-corrected chi connectivity index (χ3v) is 5.64. The maximum Gasteiger partial charge on any atom is 0.242 e. The van der Waals surface area contributed by atoms with Gasteiger partial charge in [-0.05, 0) is 34.8 Å². The van der Waals surface area contributed by atoms with Crippen LogP contribution in [0.1, 0.15) is 12.8 Å². The Bertz CT molecular complexity index is 598. The molecule has 0 aliphatic heterocycles. The summed E-state index contributed by atoms with van der Waals surface area (Å²) >= 11 is 3.22. The lowest BCUT2D eigenvalue weighted by molar-refractivity contribution is 0.0712. The monoisotopic (exact) mass is 365 g/mol. The maximum absolute atomic E-state index is 12.3. The van der Waals surface area contributed by atoms with Crippen LogP contribution in [0.25, 0.3) is 0 Å². The summed E-state index contributed by atoms with van der Waals surface area (Å²) in [5.41, 5.74) is 0. The van der Waals surface area contributed by atoms with Crippen LogP contribution in [0.2, 0.25) is 0 Å². The molecular formula is C12H16BrNO5S. The lowest BCUT2D eigenvalue weighted by Crippen LogP contribution is -2.46. The van der Waals surface area contributed by atoms with Crippen molar-refractivity contribution < 1.29 is 23.0 Å². The number of aliphatic hydroxyl groups is 1. The van der Waals surface area contributed by atoms with Crippen LogP contribution in [0.15, 0.2) is 21.5 Å². The first-order valence-electron chi connectivity index (χ1n) is 5.99. The molecule has 0 unspecified atom stereocenters. The fourth-order valence-electron chi connectivity index (χ4n) is 2.01. The van der Waals surface area contributed by atoms with Crippen molar-refractivity contribution in [2.45, 2.75) is 29.9 Å². The summed E-state index contributed by atoms with van der Waals surface area (Å²) in [5.74, 6) is 0.780. The molecule has 1 aromatic rings. The van der Waals surface area contributed by atoms with Gasteiger partial charge in [-0.2, -0.15) is 0 Å². The Hall–Kier alpha value is -0.830. The fraction of sp³-hybridized carbons (Fsp3) is 0.500. The topological polar surface area (TPSA) is 84.9 Å². The largest absolute Gasteiger partial charge is 0.493 e. The summed E-state index contributed by atoms with van der Waals surface area (Å²) < 4.78 is 37.8. The van der Waals surface area contributed by atoms with Gasteiger partial charge >= 0.3 is 0 Å². The molecule has 0 atom stereocenters. The van der Waals surface area contributed by atoms with Crippen molar-refractivity contribution in [3.05, 3.63) is 16.6 Å². The predicted octanol–water partition coefficient (Wildman–Crippen LogP) is 1.27. The van der Waals surface area contributed by atoms with Crippen LogP contribution >= 0.6 is 15.9 Å². The molecular weight excluding hydrogens is 350 g/mol. The quantitative estimate of drug-likeness (QED) is 0.820. The average molecular weight is 366 g/mol. The highest BCUT2D eigenvalue weighted by molar-refractivity contribution is 9.10. The normalized spacial score (nSPS) is 22.2. The molecule has 0 bridgehead atoms. The van der Waals surface area contributed by atoms with Gasteiger partial charge in [-0.15, -0.1) is 0 Å². The molecule has 0 saturated heterocycles. The third kappa shape index (κ3) is 3.08. The lowest BCUT2D eigenvalue weighted by Gasteiger charge is -2.31. The van der Waals surface area contributed by atoms with E-state index in [0.717, 1.165) is 0 Å². The zero-order valence-corrected chi connectivity index (χ0v) is 13.5. The molecule has 0 aromatic heterocycles. The van der Waals surface area contributed by atoms with Gasteiger partial charge in [0.15, 0.2) is 11.5 Å². The molecule has 112 valence electrons. The zero-order chi connectivity index (χ0) is 14.9. The molecule has 2 N–H and O–H groups in total. The standard InChI is InChI=1S/C12H16BrNO5S/c1-18-10-5-9(13)12(6-11(10)19-2)20(16,17)14-7-3-8(15)4-7/h5-8,14-15H,3-4H2,1-2H3. The van der Waals surface area contributed by atoms with E-state index >= 15 is 0 Å². The van der Waals surface area contributed by atoms with Gasteiger partial charge in [-0.1, -0.05) is 0 Å². The minimum atomic E-state index is -3.68. The first kappa shape index (κ1) is 15.6. The van der Waals surface area contributed by atoms with Gasteiger partial charge < -0.3 is 14.6 Å². The number of nitrogens with one attached hydrogen (secondary N) is 1. The van der Waals surface area contributed by atoms with E-state index in [1.54, 1.807) is 6.07 Å². The number of methoxy groups -OCH3 is 2. The Balaban J connectivity index is 2.31. The number of benzene rings is 1. The Morgan fingerprint density at radius 1 is 1.25 bits per heavy atom. The first-order valence-corrected chi connectivity index (χ1v) is 8.27. The van der Waals surface area contributed by atoms with Crippen molar-refractivity contribution in [2.24, 2.45) is 0 Å². The van der Waals surface area contributed by atoms with Gasteiger partial charge in [0.1, 0.15) is 4.90 Å². The summed E-state index contributed by atoms with van der Waals surface area (Å²) in [7, 11) is -0.755. The van der Waals surface area contributed by atoms with Crippen LogP contribution in [0.5, 0.6) is 11.5 Å². The van der Waals surface area contributed by atoms with E-state index < -0.39 is 16.1 Å². The number of ether oxygens (including phenoxy) is 2. The third-order valence-electron chi connectivity index (χ3n) is 3.16. The second kappa shape index (κ2) is 5.88. The summed E-state index contributed by atoms with van der Waals surface area (Å²) in [6.07, 6.45) is 0.449. The number of sulfonamides is 1. The number of halogens is 1. The number of hydrogen-bond donors (Lipinski definition) is 2. The molecule has 0 radical (unpaired) electrons. The minimum Gasteiger partial charge on any atom is -0.493 e. The van der Waals surface area contributed by atoms with Gasteiger partial charge in [-0.3, -0.25) is 0 Å². The highest BCUT2D eigenvalue weighted by Crippen LogP contribution is 2.36. The van der Waals surface area contributed by atoms with Gasteiger partial charge in [0.05, 0.1) is 20.3 Å². The van der Waals surface area contributed by atoms with Crippen LogP contribution in [0, 0.1) is 0 Å². The summed E-state index contributed by atoms with van der Waals surface area (Å²) in [4.78, 5) is 0.0801. The molecule has 1 aliphatic rings. The summed E-state index contributed by atoms with van der Waals surface area (Å²) in [6, 6.07) is 2.72. The molecule has 0 amide bonds. The second-order valence-electron chi connectivity index (χ2n) is 4.58. The molecule has 1 aromatic carbocycles. The Labute approximate surface area is 126 Å². The molecule has 6 nitrogen and oxygen atoms in total. The van der Waals surface area contributed by atoms with Crippen LogP contribution in [-0.2, 0) is 10.0 Å². The molecule has 8 heteroatoms. The van der Waals surface area contributed by atoms with Crippen LogP contribution in [0.3, 0.4) is 0 Å². The minimum absolute atomic E-state index is 0.0801. The van der Waals surface area contributed by atoms with E-state index in [-0.39, 0.29) is 10.9 Å². The first-order chi connectivity index (χ1) is 9.37. The van der Waals surface area contributed by atoms with Crippen molar-refractivity contribution >= 4 is 26.0 Å². The van der Waals surface area contributed by atoms with Gasteiger partial charge in [0, 0.05) is 16.6 Å². The second-order valence-corrected chi connectivity index (χ2v) is 7.12. The van der Waals surface area contributed by atoms with E-state index in [1.807, 2.05) is 0 Å². The van der Waals surface area contributed by atoms with Crippen LogP contribution in [0.4, 0.5) is 0 Å². The summed E-state index contributed by atoms with van der Waals surface area (Å²) in [5, 5.41) is 9.21. The van der Waals surface area contributed by atoms with Crippen molar-refractivity contribution in [3.63, 3.8) is 0 Å².